The summed E-state index contributed by atoms with van der Waals surface area (Å²) in [5.41, 5.74) is 0.501. The molecule has 0 radical (unpaired) electrons. The molecule has 1 saturated carbocycles. The Morgan fingerprint density at radius 3 is 2.93 bits per heavy atom. The first-order valence-corrected chi connectivity index (χ1v) is 4.84. The fraction of sp³-hybridized carbons (Fsp3) is 0.444. The van der Waals surface area contributed by atoms with Crippen molar-refractivity contribution in [1.82, 2.24) is 9.97 Å². The molecule has 0 spiro atoms. The van der Waals surface area contributed by atoms with Gasteiger partial charge in [-0.2, -0.15) is 0 Å². The molecule has 1 heterocycles. The number of halogens is 1. The van der Waals surface area contributed by atoms with E-state index < -0.39 is 0 Å². The van der Waals surface area contributed by atoms with Gasteiger partial charge in [-0.1, -0.05) is 0 Å². The molecule has 14 heavy (non-hydrogen) atoms. The second-order valence-corrected chi connectivity index (χ2v) is 3.71. The number of Topliss-reactive ketones (excluding diaryl/α,β-unsaturated/α-hetero) is 1. The van der Waals surface area contributed by atoms with Crippen LogP contribution in [0.4, 0.5) is 5.82 Å². The van der Waals surface area contributed by atoms with Crippen molar-refractivity contribution in [2.24, 2.45) is 0 Å². The third-order valence-electron chi connectivity index (χ3n) is 2.06. The molecule has 0 unspecified atom stereocenters. The van der Waals surface area contributed by atoms with Crippen LogP contribution in [0.1, 0.15) is 30.1 Å². The molecule has 5 heteroatoms. The van der Waals surface area contributed by atoms with Gasteiger partial charge in [0.2, 0.25) is 5.28 Å². The van der Waals surface area contributed by atoms with Crippen LogP contribution in [0, 0.1) is 0 Å². The SMILES string of the molecule is CC(=O)c1cnc(Cl)nc1NC1CC1. The molecule has 0 bridgehead atoms. The molecule has 0 amide bonds. The molecular formula is C9H10ClN3O. The van der Waals surface area contributed by atoms with Crippen molar-refractivity contribution in [3.8, 4) is 0 Å². The van der Waals surface area contributed by atoms with Crippen LogP contribution < -0.4 is 5.32 Å². The number of anilines is 1. The van der Waals surface area contributed by atoms with Gasteiger partial charge in [0.05, 0.1) is 5.56 Å². The van der Waals surface area contributed by atoms with Gasteiger partial charge in [-0.25, -0.2) is 9.97 Å². The highest BCUT2D eigenvalue weighted by Crippen LogP contribution is 2.26. The highest BCUT2D eigenvalue weighted by Gasteiger charge is 2.23. The number of hydrogen-bond acceptors (Lipinski definition) is 4. The Labute approximate surface area is 86.7 Å². The molecule has 2 rings (SSSR count). The molecule has 1 aliphatic carbocycles. The van der Waals surface area contributed by atoms with Crippen molar-refractivity contribution in [3.63, 3.8) is 0 Å². The van der Waals surface area contributed by atoms with Crippen LogP contribution in [-0.4, -0.2) is 21.8 Å². The minimum Gasteiger partial charge on any atom is -0.367 e. The van der Waals surface area contributed by atoms with E-state index in [2.05, 4.69) is 15.3 Å². The molecule has 1 aromatic heterocycles. The summed E-state index contributed by atoms with van der Waals surface area (Å²) >= 11 is 5.65. The fourth-order valence-corrected chi connectivity index (χ4v) is 1.28. The van der Waals surface area contributed by atoms with Crippen molar-refractivity contribution in [2.75, 3.05) is 5.32 Å². The fourth-order valence-electron chi connectivity index (χ4n) is 1.15. The lowest BCUT2D eigenvalue weighted by molar-refractivity contribution is 0.101. The average molecular weight is 212 g/mol. The molecule has 1 N–H and O–H groups in total. The van der Waals surface area contributed by atoms with Gasteiger partial charge in [-0.15, -0.1) is 0 Å². The molecule has 4 nitrogen and oxygen atoms in total. The van der Waals surface area contributed by atoms with Gasteiger partial charge in [-0.3, -0.25) is 4.79 Å². The van der Waals surface area contributed by atoms with Crippen molar-refractivity contribution in [2.45, 2.75) is 25.8 Å². The van der Waals surface area contributed by atoms with Gasteiger partial charge < -0.3 is 5.32 Å². The number of nitrogens with one attached hydrogen (secondary N) is 1. The van der Waals surface area contributed by atoms with Crippen molar-refractivity contribution < 1.29 is 4.79 Å². The second kappa shape index (κ2) is 3.53. The van der Waals surface area contributed by atoms with Crippen LogP contribution in [-0.2, 0) is 0 Å². The molecule has 1 aromatic rings. The van der Waals surface area contributed by atoms with Gasteiger partial charge in [0.15, 0.2) is 5.78 Å². The minimum atomic E-state index is -0.0511. The third kappa shape index (κ3) is 2.01. The van der Waals surface area contributed by atoms with E-state index in [1.54, 1.807) is 0 Å². The summed E-state index contributed by atoms with van der Waals surface area (Å²) in [5.74, 6) is 0.504. The van der Waals surface area contributed by atoms with Gasteiger partial charge in [0, 0.05) is 12.2 Å². The summed E-state index contributed by atoms with van der Waals surface area (Å²) in [6.07, 6.45) is 3.71. The third-order valence-corrected chi connectivity index (χ3v) is 2.24. The molecule has 0 atom stereocenters. The van der Waals surface area contributed by atoms with Gasteiger partial charge in [0.25, 0.3) is 0 Å². The standard InChI is InChI=1S/C9H10ClN3O/c1-5(14)7-4-11-9(10)13-8(7)12-6-2-3-6/h4,6H,2-3H2,1H3,(H,11,12,13). The van der Waals surface area contributed by atoms with E-state index in [4.69, 9.17) is 11.6 Å². The Morgan fingerprint density at radius 2 is 2.36 bits per heavy atom. The first kappa shape index (κ1) is 9.40. The lowest BCUT2D eigenvalue weighted by Gasteiger charge is -2.07. The van der Waals surface area contributed by atoms with E-state index in [9.17, 15) is 4.79 Å². The Bertz CT molecular complexity index is 376. The Balaban J connectivity index is 2.31. The van der Waals surface area contributed by atoms with Crippen LogP contribution >= 0.6 is 11.6 Å². The molecule has 0 aromatic carbocycles. The summed E-state index contributed by atoms with van der Waals surface area (Å²) in [4.78, 5) is 19.0. The zero-order chi connectivity index (χ0) is 10.1. The normalized spacial score (nSPS) is 15.3. The van der Waals surface area contributed by atoms with Crippen LogP contribution in [0.5, 0.6) is 0 Å². The van der Waals surface area contributed by atoms with Crippen molar-refractivity contribution in [3.05, 3.63) is 17.0 Å². The number of hydrogen-bond donors (Lipinski definition) is 1. The number of carbonyl (C=O) groups excluding carboxylic acids is 1. The molecular weight excluding hydrogens is 202 g/mol. The highest BCUT2D eigenvalue weighted by molar-refractivity contribution is 6.28. The quantitative estimate of drug-likeness (QED) is 0.613. The number of aromatic nitrogens is 2. The number of rotatable bonds is 3. The van der Waals surface area contributed by atoms with E-state index in [-0.39, 0.29) is 11.1 Å². The molecule has 1 aliphatic rings. The van der Waals surface area contributed by atoms with E-state index in [0.29, 0.717) is 17.4 Å². The Morgan fingerprint density at radius 1 is 1.64 bits per heavy atom. The van der Waals surface area contributed by atoms with Crippen LogP contribution in [0.3, 0.4) is 0 Å². The highest BCUT2D eigenvalue weighted by atomic mass is 35.5. The minimum absolute atomic E-state index is 0.0511. The maximum atomic E-state index is 11.2. The summed E-state index contributed by atoms with van der Waals surface area (Å²) < 4.78 is 0. The van der Waals surface area contributed by atoms with E-state index >= 15 is 0 Å². The van der Waals surface area contributed by atoms with Crippen molar-refractivity contribution >= 4 is 23.2 Å². The smallest absolute Gasteiger partial charge is 0.224 e. The van der Waals surface area contributed by atoms with E-state index in [1.165, 1.54) is 13.1 Å². The maximum Gasteiger partial charge on any atom is 0.224 e. The molecule has 74 valence electrons. The summed E-state index contributed by atoms with van der Waals surface area (Å²) in [5, 5.41) is 3.32. The van der Waals surface area contributed by atoms with Crippen LogP contribution in [0.2, 0.25) is 5.28 Å². The largest absolute Gasteiger partial charge is 0.367 e. The predicted molar refractivity (Wildman–Crippen MR) is 53.7 cm³/mol. The number of nitrogens with zero attached hydrogens (tertiary/aromatic N) is 2. The number of ketones is 1. The Hall–Kier alpha value is -1.16. The van der Waals surface area contributed by atoms with Crippen LogP contribution in [0.25, 0.3) is 0 Å². The summed E-state index contributed by atoms with van der Waals surface area (Å²) in [6, 6.07) is 0.444. The predicted octanol–water partition coefficient (Wildman–Crippen LogP) is 1.91. The lowest BCUT2D eigenvalue weighted by atomic mass is 10.2. The topological polar surface area (TPSA) is 54.9 Å². The van der Waals surface area contributed by atoms with Crippen LogP contribution in [0.15, 0.2) is 6.20 Å². The summed E-state index contributed by atoms with van der Waals surface area (Å²) in [7, 11) is 0. The van der Waals surface area contributed by atoms with Crippen molar-refractivity contribution in [1.29, 1.82) is 0 Å². The van der Waals surface area contributed by atoms with Gasteiger partial charge in [0.1, 0.15) is 5.82 Å². The van der Waals surface area contributed by atoms with Gasteiger partial charge >= 0.3 is 0 Å². The molecule has 0 aliphatic heterocycles. The zero-order valence-corrected chi connectivity index (χ0v) is 8.51. The first-order chi connectivity index (χ1) is 6.66. The maximum absolute atomic E-state index is 11.2. The lowest BCUT2D eigenvalue weighted by Crippen LogP contribution is -2.09. The first-order valence-electron chi connectivity index (χ1n) is 4.47. The Kier molecular flexibility index (Phi) is 2.37. The average Bonchev–Trinajstić information content (AvgIpc) is 2.87. The monoisotopic (exact) mass is 211 g/mol. The van der Waals surface area contributed by atoms with E-state index in [0.717, 1.165) is 12.8 Å². The number of carbonyl (C=O) groups is 1. The summed E-state index contributed by atoms with van der Waals surface area (Å²) in [6.45, 7) is 1.49. The van der Waals surface area contributed by atoms with Gasteiger partial charge in [-0.05, 0) is 31.4 Å². The molecule has 0 saturated heterocycles. The zero-order valence-electron chi connectivity index (χ0n) is 7.75. The second-order valence-electron chi connectivity index (χ2n) is 3.38. The van der Waals surface area contributed by atoms with E-state index in [1.807, 2.05) is 0 Å². The molecule has 1 fully saturated rings.